The fourth-order valence-corrected chi connectivity index (χ4v) is 5.48. The van der Waals surface area contributed by atoms with Gasteiger partial charge in [-0.2, -0.15) is 0 Å². The lowest BCUT2D eigenvalue weighted by molar-refractivity contribution is -0.135. The van der Waals surface area contributed by atoms with Crippen molar-refractivity contribution in [3.8, 4) is 5.75 Å². The average Bonchev–Trinajstić information content (AvgIpc) is 3.20. The Kier molecular flexibility index (Phi) is 5.84. The van der Waals surface area contributed by atoms with Gasteiger partial charge in [0.05, 0.1) is 23.1 Å². The standard InChI is InChI=1S/C17H17ClFNO4S2/c18-15-8-12(19)3-4-16(15)24-10-17(21)20(9-14-2-1-6-25-14)13-5-7-26(22,23)11-13/h1-4,6,8,13H,5,7,9-11H2. The van der Waals surface area contributed by atoms with E-state index in [2.05, 4.69) is 0 Å². The summed E-state index contributed by atoms with van der Waals surface area (Å²) in [4.78, 5) is 15.2. The molecule has 0 radical (unpaired) electrons. The van der Waals surface area contributed by atoms with Gasteiger partial charge in [-0.3, -0.25) is 4.79 Å². The minimum Gasteiger partial charge on any atom is -0.482 e. The van der Waals surface area contributed by atoms with Gasteiger partial charge in [-0.15, -0.1) is 11.3 Å². The van der Waals surface area contributed by atoms with Crippen molar-refractivity contribution >= 4 is 38.7 Å². The molecule has 0 saturated carbocycles. The van der Waals surface area contributed by atoms with Crippen LogP contribution in [0.4, 0.5) is 4.39 Å². The Hall–Kier alpha value is -1.64. The van der Waals surface area contributed by atoms with Crippen molar-refractivity contribution in [1.82, 2.24) is 4.90 Å². The second kappa shape index (κ2) is 7.94. The third kappa shape index (κ3) is 4.75. The largest absolute Gasteiger partial charge is 0.482 e. The highest BCUT2D eigenvalue weighted by molar-refractivity contribution is 7.91. The van der Waals surface area contributed by atoms with E-state index in [4.69, 9.17) is 16.3 Å². The summed E-state index contributed by atoms with van der Waals surface area (Å²) >= 11 is 7.40. The Balaban J connectivity index is 1.71. The lowest BCUT2D eigenvalue weighted by atomic mass is 10.2. The van der Waals surface area contributed by atoms with Crippen molar-refractivity contribution in [3.63, 3.8) is 0 Å². The maximum atomic E-state index is 13.1. The monoisotopic (exact) mass is 417 g/mol. The lowest BCUT2D eigenvalue weighted by Gasteiger charge is -2.28. The molecule has 26 heavy (non-hydrogen) atoms. The molecule has 5 nitrogen and oxygen atoms in total. The zero-order valence-electron chi connectivity index (χ0n) is 13.7. The molecular weight excluding hydrogens is 401 g/mol. The number of rotatable bonds is 6. The molecule has 1 amide bonds. The molecule has 2 aromatic rings. The first kappa shape index (κ1) is 19.1. The zero-order chi connectivity index (χ0) is 18.7. The van der Waals surface area contributed by atoms with E-state index in [1.165, 1.54) is 23.5 Å². The molecule has 2 heterocycles. The number of benzene rings is 1. The fraction of sp³-hybridized carbons (Fsp3) is 0.353. The van der Waals surface area contributed by atoms with Crippen molar-refractivity contribution in [3.05, 3.63) is 51.4 Å². The third-order valence-corrected chi connectivity index (χ3v) is 7.03. The Labute approximate surface area is 160 Å². The van der Waals surface area contributed by atoms with Crippen LogP contribution in [0.15, 0.2) is 35.7 Å². The van der Waals surface area contributed by atoms with E-state index in [0.717, 1.165) is 10.9 Å². The SMILES string of the molecule is O=C(COc1ccc(F)cc1Cl)N(Cc1cccs1)C1CCS(=O)(=O)C1. The molecule has 1 aliphatic heterocycles. The highest BCUT2D eigenvalue weighted by Gasteiger charge is 2.35. The molecule has 1 unspecified atom stereocenters. The van der Waals surface area contributed by atoms with Gasteiger partial charge in [0.1, 0.15) is 11.6 Å². The maximum Gasteiger partial charge on any atom is 0.261 e. The molecule has 3 rings (SSSR count). The second-order valence-corrected chi connectivity index (χ2v) is 9.69. The van der Waals surface area contributed by atoms with Crippen LogP contribution >= 0.6 is 22.9 Å². The summed E-state index contributed by atoms with van der Waals surface area (Å²) < 4.78 is 42.1. The number of carbonyl (C=O) groups excluding carboxylic acids is 1. The van der Waals surface area contributed by atoms with E-state index in [1.807, 2.05) is 17.5 Å². The van der Waals surface area contributed by atoms with E-state index < -0.39 is 15.7 Å². The van der Waals surface area contributed by atoms with Gasteiger partial charge in [0, 0.05) is 10.9 Å². The predicted molar refractivity (Wildman–Crippen MR) is 98.8 cm³/mol. The van der Waals surface area contributed by atoms with Crippen LogP contribution in [0, 0.1) is 5.82 Å². The average molecular weight is 418 g/mol. The van der Waals surface area contributed by atoms with E-state index in [0.29, 0.717) is 13.0 Å². The topological polar surface area (TPSA) is 63.7 Å². The predicted octanol–water partition coefficient (Wildman–Crippen LogP) is 3.14. The fourth-order valence-electron chi connectivity index (χ4n) is 2.83. The van der Waals surface area contributed by atoms with Crippen LogP contribution in [0.2, 0.25) is 5.02 Å². The highest BCUT2D eigenvalue weighted by atomic mass is 35.5. The van der Waals surface area contributed by atoms with Crippen molar-refractivity contribution in [2.45, 2.75) is 19.0 Å². The molecule has 1 fully saturated rings. The first-order valence-electron chi connectivity index (χ1n) is 7.94. The van der Waals surface area contributed by atoms with Crippen molar-refractivity contribution in [2.75, 3.05) is 18.1 Å². The summed E-state index contributed by atoms with van der Waals surface area (Å²) in [6.07, 6.45) is 0.413. The summed E-state index contributed by atoms with van der Waals surface area (Å²) in [6.45, 7) is 0.0322. The van der Waals surface area contributed by atoms with Gasteiger partial charge in [0.2, 0.25) is 0 Å². The van der Waals surface area contributed by atoms with E-state index in [1.54, 1.807) is 4.90 Å². The molecule has 9 heteroatoms. The van der Waals surface area contributed by atoms with Gasteiger partial charge in [-0.25, -0.2) is 12.8 Å². The Morgan fingerprint density at radius 1 is 1.38 bits per heavy atom. The highest BCUT2D eigenvalue weighted by Crippen LogP contribution is 2.26. The first-order valence-corrected chi connectivity index (χ1v) is 11.0. The molecule has 1 atom stereocenters. The maximum absolute atomic E-state index is 13.1. The normalized spacial score (nSPS) is 18.6. The van der Waals surface area contributed by atoms with E-state index in [9.17, 15) is 17.6 Å². The van der Waals surface area contributed by atoms with Crippen LogP contribution in [-0.4, -0.2) is 43.4 Å². The quantitative estimate of drug-likeness (QED) is 0.724. The minimum absolute atomic E-state index is 0.0403. The smallest absolute Gasteiger partial charge is 0.261 e. The summed E-state index contributed by atoms with van der Waals surface area (Å²) in [5.74, 6) is -0.584. The third-order valence-electron chi connectivity index (χ3n) is 4.12. The number of sulfone groups is 1. The van der Waals surface area contributed by atoms with Crippen LogP contribution in [-0.2, 0) is 21.2 Å². The van der Waals surface area contributed by atoms with Crippen molar-refractivity contribution in [2.24, 2.45) is 0 Å². The molecule has 0 N–H and O–H groups in total. The van der Waals surface area contributed by atoms with E-state index >= 15 is 0 Å². The number of amides is 1. The van der Waals surface area contributed by atoms with Crippen LogP contribution in [0.1, 0.15) is 11.3 Å². The Bertz CT molecular complexity index is 886. The lowest BCUT2D eigenvalue weighted by Crippen LogP contribution is -2.42. The minimum atomic E-state index is -3.13. The van der Waals surface area contributed by atoms with Gasteiger partial charge in [-0.1, -0.05) is 17.7 Å². The molecule has 0 aliphatic carbocycles. The molecule has 140 valence electrons. The molecule has 1 aliphatic rings. The number of hydrogen-bond acceptors (Lipinski definition) is 5. The number of ether oxygens (including phenoxy) is 1. The molecular formula is C17H17ClFNO4S2. The second-order valence-electron chi connectivity index (χ2n) is 6.02. The van der Waals surface area contributed by atoms with Crippen molar-refractivity contribution < 1.29 is 22.3 Å². The molecule has 0 spiro atoms. The van der Waals surface area contributed by atoms with Gasteiger partial charge >= 0.3 is 0 Å². The summed E-state index contributed by atoms with van der Waals surface area (Å²) in [7, 11) is -3.13. The van der Waals surface area contributed by atoms with Gasteiger partial charge in [0.15, 0.2) is 16.4 Å². The van der Waals surface area contributed by atoms with Crippen molar-refractivity contribution in [1.29, 1.82) is 0 Å². The summed E-state index contributed by atoms with van der Waals surface area (Å²) in [5, 5.41) is 1.98. The number of carbonyl (C=O) groups is 1. The molecule has 1 aromatic heterocycles. The number of halogens is 2. The number of hydrogen-bond donors (Lipinski definition) is 0. The molecule has 1 saturated heterocycles. The Morgan fingerprint density at radius 3 is 2.81 bits per heavy atom. The van der Waals surface area contributed by atoms with Crippen LogP contribution in [0.5, 0.6) is 5.75 Å². The van der Waals surface area contributed by atoms with Gasteiger partial charge in [0.25, 0.3) is 5.91 Å². The van der Waals surface area contributed by atoms with Crippen LogP contribution in [0.3, 0.4) is 0 Å². The number of nitrogens with zero attached hydrogens (tertiary/aromatic N) is 1. The molecule has 0 bridgehead atoms. The molecule has 1 aromatic carbocycles. The van der Waals surface area contributed by atoms with Crippen LogP contribution < -0.4 is 4.74 Å². The number of thiophene rings is 1. The summed E-state index contributed by atoms with van der Waals surface area (Å²) in [6, 6.07) is 7.05. The Morgan fingerprint density at radius 2 is 2.19 bits per heavy atom. The first-order chi connectivity index (χ1) is 12.3. The summed E-state index contributed by atoms with van der Waals surface area (Å²) in [5.41, 5.74) is 0. The van der Waals surface area contributed by atoms with Crippen LogP contribution in [0.25, 0.3) is 0 Å². The zero-order valence-corrected chi connectivity index (χ0v) is 16.1. The van der Waals surface area contributed by atoms with Gasteiger partial charge < -0.3 is 9.64 Å². The van der Waals surface area contributed by atoms with Gasteiger partial charge in [-0.05, 0) is 36.1 Å². The van der Waals surface area contributed by atoms with E-state index in [-0.39, 0.29) is 40.8 Å².